The Balaban J connectivity index is 1.91. The van der Waals surface area contributed by atoms with Crippen molar-refractivity contribution >= 4 is 32.3 Å². The minimum atomic E-state index is 0.0465. The highest BCUT2D eigenvalue weighted by Crippen LogP contribution is 2.45. The Morgan fingerprint density at radius 1 is 0.412 bits per heavy atom. The largest absolute Gasteiger partial charge is 0.0622 e. The molecular formula is C34H28. The van der Waals surface area contributed by atoms with E-state index in [-0.39, 0.29) is 5.41 Å². The Morgan fingerprint density at radius 2 is 0.941 bits per heavy atom. The van der Waals surface area contributed by atoms with Gasteiger partial charge in [-0.2, -0.15) is 0 Å². The zero-order valence-corrected chi connectivity index (χ0v) is 20.0. The van der Waals surface area contributed by atoms with Crippen molar-refractivity contribution in [3.8, 4) is 22.3 Å². The maximum absolute atomic E-state index is 2.45. The summed E-state index contributed by atoms with van der Waals surface area (Å²) in [5.41, 5.74) is 6.59. The second kappa shape index (κ2) is 7.85. The Labute approximate surface area is 201 Å². The molecule has 0 amide bonds. The van der Waals surface area contributed by atoms with Crippen molar-refractivity contribution in [3.05, 3.63) is 121 Å². The van der Waals surface area contributed by atoms with Gasteiger partial charge < -0.3 is 0 Å². The highest BCUT2D eigenvalue weighted by molar-refractivity contribution is 6.22. The quantitative estimate of drug-likeness (QED) is 0.237. The van der Waals surface area contributed by atoms with E-state index in [1.165, 1.54) is 60.1 Å². The van der Waals surface area contributed by atoms with Crippen LogP contribution >= 0.6 is 0 Å². The second-order valence-corrected chi connectivity index (χ2v) is 10.2. The van der Waals surface area contributed by atoms with Crippen LogP contribution in [0.25, 0.3) is 54.6 Å². The van der Waals surface area contributed by atoms with Crippen LogP contribution in [0.4, 0.5) is 0 Å². The van der Waals surface area contributed by atoms with Crippen molar-refractivity contribution in [1.82, 2.24) is 0 Å². The summed E-state index contributed by atoms with van der Waals surface area (Å²) in [7, 11) is 0. The zero-order chi connectivity index (χ0) is 23.3. The highest BCUT2D eigenvalue weighted by Gasteiger charge is 2.21. The van der Waals surface area contributed by atoms with E-state index in [1.54, 1.807) is 0 Å². The summed E-state index contributed by atoms with van der Waals surface area (Å²) >= 11 is 0. The molecule has 0 N–H and O–H groups in total. The molecule has 0 bridgehead atoms. The van der Waals surface area contributed by atoms with E-state index < -0.39 is 0 Å². The van der Waals surface area contributed by atoms with Gasteiger partial charge in [0.25, 0.3) is 0 Å². The second-order valence-electron chi connectivity index (χ2n) is 10.2. The van der Waals surface area contributed by atoms with E-state index in [0.717, 1.165) is 0 Å². The van der Waals surface area contributed by atoms with Crippen molar-refractivity contribution < 1.29 is 0 Å². The van der Waals surface area contributed by atoms with E-state index in [4.69, 9.17) is 0 Å². The molecular weight excluding hydrogens is 408 g/mol. The molecule has 164 valence electrons. The van der Waals surface area contributed by atoms with Crippen LogP contribution in [-0.4, -0.2) is 0 Å². The summed E-state index contributed by atoms with van der Waals surface area (Å²) in [5.74, 6) is 0. The summed E-state index contributed by atoms with van der Waals surface area (Å²) in [5, 5.41) is 7.86. The van der Waals surface area contributed by atoms with E-state index >= 15 is 0 Å². The number of rotatable bonds is 2. The molecule has 0 nitrogen and oxygen atoms in total. The van der Waals surface area contributed by atoms with Crippen LogP contribution in [-0.2, 0) is 5.41 Å². The molecule has 0 aliphatic heterocycles. The molecule has 0 aliphatic carbocycles. The van der Waals surface area contributed by atoms with Gasteiger partial charge in [-0.3, -0.25) is 0 Å². The van der Waals surface area contributed by atoms with Crippen LogP contribution in [0.15, 0.2) is 115 Å². The molecule has 0 fully saturated rings. The third-order valence-electron chi connectivity index (χ3n) is 6.96. The van der Waals surface area contributed by atoms with Gasteiger partial charge in [0, 0.05) is 0 Å². The molecule has 34 heavy (non-hydrogen) atoms. The van der Waals surface area contributed by atoms with Crippen molar-refractivity contribution in [3.63, 3.8) is 0 Å². The van der Waals surface area contributed by atoms with E-state index in [0.29, 0.717) is 0 Å². The summed E-state index contributed by atoms with van der Waals surface area (Å²) in [4.78, 5) is 0. The number of hydrogen-bond acceptors (Lipinski definition) is 0. The lowest BCUT2D eigenvalue weighted by Gasteiger charge is -2.24. The van der Waals surface area contributed by atoms with Crippen LogP contribution in [0.5, 0.6) is 0 Å². The lowest BCUT2D eigenvalue weighted by molar-refractivity contribution is 0.596. The summed E-state index contributed by atoms with van der Waals surface area (Å²) in [6.07, 6.45) is 0. The third kappa shape index (κ3) is 3.30. The number of benzene rings is 6. The smallest absolute Gasteiger partial charge is 0.00263 e. The summed E-state index contributed by atoms with van der Waals surface area (Å²) in [6, 6.07) is 42.2. The molecule has 0 unspecified atom stereocenters. The minimum absolute atomic E-state index is 0.0465. The first-order valence-corrected chi connectivity index (χ1v) is 12.0. The maximum Gasteiger partial charge on any atom is -0.00263 e. The number of fused-ring (bicyclic) bond motifs is 3. The van der Waals surface area contributed by atoms with Crippen molar-refractivity contribution in [2.24, 2.45) is 0 Å². The van der Waals surface area contributed by atoms with Gasteiger partial charge in [0.2, 0.25) is 0 Å². The Hall–Kier alpha value is -3.90. The van der Waals surface area contributed by atoms with Crippen molar-refractivity contribution in [2.75, 3.05) is 0 Å². The minimum Gasteiger partial charge on any atom is -0.0622 e. The predicted octanol–water partition coefficient (Wildman–Crippen LogP) is 9.78. The highest BCUT2D eigenvalue weighted by atomic mass is 14.2. The predicted molar refractivity (Wildman–Crippen MR) is 149 cm³/mol. The Kier molecular flexibility index (Phi) is 4.78. The fourth-order valence-electron chi connectivity index (χ4n) is 5.43. The van der Waals surface area contributed by atoms with Gasteiger partial charge in [-0.15, -0.1) is 0 Å². The number of hydrogen-bond donors (Lipinski definition) is 0. The van der Waals surface area contributed by atoms with E-state index in [9.17, 15) is 0 Å². The van der Waals surface area contributed by atoms with Crippen LogP contribution in [0.2, 0.25) is 0 Å². The molecule has 0 aromatic heterocycles. The van der Waals surface area contributed by atoms with Crippen LogP contribution in [0, 0.1) is 0 Å². The van der Waals surface area contributed by atoms with Crippen LogP contribution in [0.3, 0.4) is 0 Å². The van der Waals surface area contributed by atoms with Gasteiger partial charge in [-0.1, -0.05) is 124 Å². The van der Waals surface area contributed by atoms with Gasteiger partial charge in [0.05, 0.1) is 0 Å². The Morgan fingerprint density at radius 3 is 1.59 bits per heavy atom. The van der Waals surface area contributed by atoms with E-state index in [2.05, 4.69) is 136 Å². The summed E-state index contributed by atoms with van der Waals surface area (Å²) in [6.45, 7) is 6.94. The third-order valence-corrected chi connectivity index (χ3v) is 6.96. The summed E-state index contributed by atoms with van der Waals surface area (Å²) < 4.78 is 0. The first kappa shape index (κ1) is 20.7. The molecule has 0 atom stereocenters. The maximum atomic E-state index is 2.45. The van der Waals surface area contributed by atoms with Crippen molar-refractivity contribution in [1.29, 1.82) is 0 Å². The first-order chi connectivity index (χ1) is 16.5. The molecule has 0 heteroatoms. The lowest BCUT2D eigenvalue weighted by atomic mass is 9.80. The molecule has 0 saturated heterocycles. The first-order valence-electron chi connectivity index (χ1n) is 12.0. The van der Waals surface area contributed by atoms with Crippen LogP contribution < -0.4 is 0 Å². The molecule has 0 saturated carbocycles. The SMILES string of the molecule is CC(C)(C)c1cccc2c(-c3ccccc3)c3cc4ccccc4c(-c4ccccc4)c3cc12. The average molecular weight is 437 g/mol. The van der Waals surface area contributed by atoms with Gasteiger partial charge in [-0.25, -0.2) is 0 Å². The molecule has 0 heterocycles. The average Bonchev–Trinajstić information content (AvgIpc) is 2.86. The van der Waals surface area contributed by atoms with Crippen LogP contribution in [0.1, 0.15) is 26.3 Å². The molecule has 6 aromatic rings. The van der Waals surface area contributed by atoms with E-state index in [1.807, 2.05) is 0 Å². The lowest BCUT2D eigenvalue weighted by Crippen LogP contribution is -2.11. The normalized spacial score (nSPS) is 12.0. The zero-order valence-electron chi connectivity index (χ0n) is 20.0. The standard InChI is InChI=1S/C34H28/c1-34(2,3)31-20-12-19-27-28(31)22-30-29(33(27)24-15-8-5-9-16-24)21-25-17-10-11-18-26(25)32(30)23-13-6-4-7-14-23/h4-22H,1-3H3. The molecule has 0 aliphatic rings. The monoisotopic (exact) mass is 436 g/mol. The van der Waals surface area contributed by atoms with Crippen molar-refractivity contribution in [2.45, 2.75) is 26.2 Å². The van der Waals surface area contributed by atoms with Gasteiger partial charge >= 0.3 is 0 Å². The molecule has 0 radical (unpaired) electrons. The molecule has 6 rings (SSSR count). The fraction of sp³-hybridized carbons (Fsp3) is 0.118. The molecule has 6 aromatic carbocycles. The molecule has 0 spiro atoms. The van der Waals surface area contributed by atoms with Gasteiger partial charge in [0.1, 0.15) is 0 Å². The van der Waals surface area contributed by atoms with Gasteiger partial charge in [0.15, 0.2) is 0 Å². The fourth-order valence-corrected chi connectivity index (χ4v) is 5.43. The van der Waals surface area contributed by atoms with Gasteiger partial charge in [-0.05, 0) is 77.7 Å². The topological polar surface area (TPSA) is 0 Å². The Bertz CT molecular complexity index is 1650.